The van der Waals surface area contributed by atoms with E-state index in [-0.39, 0.29) is 29.6 Å². The Balaban J connectivity index is 0.00000196. The van der Waals surface area contributed by atoms with Gasteiger partial charge < -0.3 is 9.47 Å². The summed E-state index contributed by atoms with van der Waals surface area (Å²) in [5, 5.41) is 0. The standard InChI is InChI=1S/C10H10O4.Na/c1-13-9(11)7-4-3-5-8(6-7)10(12)14-2;/h3-6H,1-2H3;/q;+1. The first-order valence-electron chi connectivity index (χ1n) is 3.95. The maximum atomic E-state index is 11.1. The van der Waals surface area contributed by atoms with Gasteiger partial charge in [-0.3, -0.25) is 0 Å². The molecule has 0 aromatic heterocycles. The van der Waals surface area contributed by atoms with Gasteiger partial charge in [-0.2, -0.15) is 0 Å². The van der Waals surface area contributed by atoms with E-state index in [0.717, 1.165) is 0 Å². The maximum absolute atomic E-state index is 11.1. The molecule has 74 valence electrons. The van der Waals surface area contributed by atoms with E-state index < -0.39 is 11.9 Å². The molecule has 0 aliphatic rings. The molecule has 0 aliphatic heterocycles. The molecule has 15 heavy (non-hydrogen) atoms. The van der Waals surface area contributed by atoms with Gasteiger partial charge in [-0.25, -0.2) is 9.59 Å². The minimum atomic E-state index is -0.476. The van der Waals surface area contributed by atoms with E-state index in [1.54, 1.807) is 18.2 Å². The zero-order valence-electron chi connectivity index (χ0n) is 8.94. The SMILES string of the molecule is COC(=O)c1cccc(C(=O)OC)c1.[Na+]. The fourth-order valence-electron chi connectivity index (χ4n) is 1.01. The van der Waals surface area contributed by atoms with Crippen LogP contribution in [0.3, 0.4) is 0 Å². The molecule has 0 N–H and O–H groups in total. The van der Waals surface area contributed by atoms with Crippen LogP contribution >= 0.6 is 0 Å². The Hall–Kier alpha value is -0.840. The van der Waals surface area contributed by atoms with Crippen molar-refractivity contribution in [2.45, 2.75) is 0 Å². The quantitative estimate of drug-likeness (QED) is 0.436. The largest absolute Gasteiger partial charge is 1.00 e. The molecule has 0 saturated heterocycles. The molecular formula is C10H10NaO4+. The Morgan fingerprint density at radius 3 is 1.73 bits per heavy atom. The smallest absolute Gasteiger partial charge is 0.465 e. The van der Waals surface area contributed by atoms with Crippen LogP contribution in [0.5, 0.6) is 0 Å². The molecule has 1 aromatic carbocycles. The zero-order valence-corrected chi connectivity index (χ0v) is 10.9. The number of carbonyl (C=O) groups excluding carboxylic acids is 2. The normalized spacial score (nSPS) is 8.67. The van der Waals surface area contributed by atoms with Crippen LogP contribution in [0.2, 0.25) is 0 Å². The minimum Gasteiger partial charge on any atom is -0.465 e. The van der Waals surface area contributed by atoms with Crippen LogP contribution in [0.4, 0.5) is 0 Å². The fraction of sp³-hybridized carbons (Fsp3) is 0.200. The number of ether oxygens (including phenoxy) is 2. The van der Waals surface area contributed by atoms with Gasteiger partial charge in [-0.1, -0.05) is 6.07 Å². The molecule has 1 rings (SSSR count). The summed E-state index contributed by atoms with van der Waals surface area (Å²) in [4.78, 5) is 22.2. The summed E-state index contributed by atoms with van der Waals surface area (Å²) in [7, 11) is 2.57. The van der Waals surface area contributed by atoms with Crippen LogP contribution in [-0.4, -0.2) is 26.2 Å². The van der Waals surface area contributed by atoms with Gasteiger partial charge in [-0.15, -0.1) is 0 Å². The summed E-state index contributed by atoms with van der Waals surface area (Å²) in [6.07, 6.45) is 0. The molecule has 0 aliphatic carbocycles. The average molecular weight is 217 g/mol. The van der Waals surface area contributed by atoms with Crippen LogP contribution < -0.4 is 29.6 Å². The number of esters is 2. The Labute approximate surface area is 110 Å². The topological polar surface area (TPSA) is 52.6 Å². The molecule has 0 saturated carbocycles. The van der Waals surface area contributed by atoms with Crippen LogP contribution in [-0.2, 0) is 9.47 Å². The van der Waals surface area contributed by atoms with Gasteiger partial charge in [0.05, 0.1) is 25.3 Å². The molecule has 0 unspecified atom stereocenters. The fourth-order valence-corrected chi connectivity index (χ4v) is 1.01. The molecule has 5 heteroatoms. The first kappa shape index (κ1) is 14.2. The van der Waals surface area contributed by atoms with Crippen molar-refractivity contribution >= 4 is 11.9 Å². The summed E-state index contributed by atoms with van der Waals surface area (Å²) in [5.74, 6) is -0.952. The van der Waals surface area contributed by atoms with E-state index in [0.29, 0.717) is 11.1 Å². The van der Waals surface area contributed by atoms with E-state index >= 15 is 0 Å². The van der Waals surface area contributed by atoms with Crippen molar-refractivity contribution in [1.29, 1.82) is 0 Å². The van der Waals surface area contributed by atoms with Crippen LogP contribution in [0, 0.1) is 0 Å². The van der Waals surface area contributed by atoms with Gasteiger partial charge >= 0.3 is 41.5 Å². The predicted molar refractivity (Wildman–Crippen MR) is 49.1 cm³/mol. The van der Waals surface area contributed by atoms with Crippen molar-refractivity contribution in [2.24, 2.45) is 0 Å². The van der Waals surface area contributed by atoms with Gasteiger partial charge in [-0.05, 0) is 18.2 Å². The summed E-state index contributed by atoms with van der Waals surface area (Å²) in [5.41, 5.74) is 0.658. The summed E-state index contributed by atoms with van der Waals surface area (Å²) in [6, 6.07) is 6.16. The third-order valence-corrected chi connectivity index (χ3v) is 1.70. The Bertz CT molecular complexity index is 331. The van der Waals surface area contributed by atoms with E-state index in [1.165, 1.54) is 20.3 Å². The molecule has 0 radical (unpaired) electrons. The molecule has 1 aromatic rings. The molecule has 0 bridgehead atoms. The van der Waals surface area contributed by atoms with Crippen LogP contribution in [0.15, 0.2) is 24.3 Å². The Morgan fingerprint density at radius 2 is 1.40 bits per heavy atom. The van der Waals surface area contributed by atoms with Crippen molar-refractivity contribution in [3.63, 3.8) is 0 Å². The average Bonchev–Trinajstić information content (AvgIpc) is 2.27. The minimum absolute atomic E-state index is 0. The van der Waals surface area contributed by atoms with E-state index in [9.17, 15) is 9.59 Å². The summed E-state index contributed by atoms with van der Waals surface area (Å²) >= 11 is 0. The van der Waals surface area contributed by atoms with E-state index in [1.807, 2.05) is 0 Å². The zero-order chi connectivity index (χ0) is 10.6. The first-order valence-corrected chi connectivity index (χ1v) is 3.95. The Kier molecular flexibility index (Phi) is 6.24. The van der Waals surface area contributed by atoms with Gasteiger partial charge in [0.15, 0.2) is 0 Å². The molecule has 0 amide bonds. The number of hydrogen-bond acceptors (Lipinski definition) is 4. The van der Waals surface area contributed by atoms with Gasteiger partial charge in [0.25, 0.3) is 0 Å². The second-order valence-electron chi connectivity index (χ2n) is 2.56. The summed E-state index contributed by atoms with van der Waals surface area (Å²) in [6.45, 7) is 0. The molecule has 0 fully saturated rings. The van der Waals surface area contributed by atoms with Gasteiger partial charge in [0.1, 0.15) is 0 Å². The van der Waals surface area contributed by atoms with Crippen molar-refractivity contribution in [1.82, 2.24) is 0 Å². The number of methoxy groups -OCH3 is 2. The molecule has 4 nitrogen and oxygen atoms in total. The number of carbonyl (C=O) groups is 2. The third-order valence-electron chi connectivity index (χ3n) is 1.70. The van der Waals surface area contributed by atoms with Crippen molar-refractivity contribution in [3.05, 3.63) is 35.4 Å². The second kappa shape index (κ2) is 6.61. The van der Waals surface area contributed by atoms with Crippen LogP contribution in [0.1, 0.15) is 20.7 Å². The predicted octanol–water partition coefficient (Wildman–Crippen LogP) is -1.74. The second-order valence-corrected chi connectivity index (χ2v) is 2.56. The van der Waals surface area contributed by atoms with E-state index in [4.69, 9.17) is 0 Å². The molecule has 0 heterocycles. The summed E-state index contributed by atoms with van der Waals surface area (Å²) < 4.78 is 9.03. The molecule has 0 spiro atoms. The number of hydrogen-bond donors (Lipinski definition) is 0. The van der Waals surface area contributed by atoms with Crippen LogP contribution in [0.25, 0.3) is 0 Å². The van der Waals surface area contributed by atoms with Gasteiger partial charge in [0, 0.05) is 0 Å². The number of rotatable bonds is 2. The number of benzene rings is 1. The van der Waals surface area contributed by atoms with Crippen molar-refractivity contribution in [3.8, 4) is 0 Å². The first-order chi connectivity index (χ1) is 6.69. The van der Waals surface area contributed by atoms with Gasteiger partial charge in [0.2, 0.25) is 0 Å². The Morgan fingerprint density at radius 1 is 1.00 bits per heavy atom. The molecule has 0 atom stereocenters. The third kappa shape index (κ3) is 3.66. The maximum Gasteiger partial charge on any atom is 1.00 e. The van der Waals surface area contributed by atoms with Crippen molar-refractivity contribution < 1.29 is 48.6 Å². The van der Waals surface area contributed by atoms with E-state index in [2.05, 4.69) is 9.47 Å². The van der Waals surface area contributed by atoms with Crippen molar-refractivity contribution in [2.75, 3.05) is 14.2 Å². The monoisotopic (exact) mass is 217 g/mol. The molecular weight excluding hydrogens is 207 g/mol.